The second-order valence-corrected chi connectivity index (χ2v) is 5.05. The minimum atomic E-state index is -0.318. The van der Waals surface area contributed by atoms with E-state index in [1.165, 1.54) is 19.3 Å². The Balaban J connectivity index is 2.23. The molecule has 5 heteroatoms. The minimum Gasteiger partial charge on any atom is -0.462 e. The zero-order chi connectivity index (χ0) is 14.4. The number of hydrogen-bond acceptors (Lipinski definition) is 5. The van der Waals surface area contributed by atoms with Gasteiger partial charge in [0.15, 0.2) is 0 Å². The molecule has 0 N–H and O–H groups in total. The third-order valence-corrected chi connectivity index (χ3v) is 3.48. The number of esters is 1. The molecule has 1 aromatic rings. The van der Waals surface area contributed by atoms with Crippen molar-refractivity contribution in [1.82, 2.24) is 9.97 Å². The summed E-state index contributed by atoms with van der Waals surface area (Å²) < 4.78 is 5.07. The van der Waals surface area contributed by atoms with Crippen molar-refractivity contribution in [2.75, 3.05) is 24.6 Å². The molecule has 0 spiro atoms. The van der Waals surface area contributed by atoms with Crippen LogP contribution in [0.2, 0.25) is 0 Å². The van der Waals surface area contributed by atoms with Gasteiger partial charge in [0.05, 0.1) is 17.9 Å². The van der Waals surface area contributed by atoms with Gasteiger partial charge in [0, 0.05) is 19.3 Å². The molecule has 0 unspecified atom stereocenters. The van der Waals surface area contributed by atoms with Gasteiger partial charge in [-0.15, -0.1) is 0 Å². The largest absolute Gasteiger partial charge is 0.462 e. The molecular formula is C15H23N3O2. The van der Waals surface area contributed by atoms with Gasteiger partial charge in [-0.05, 0) is 32.6 Å². The smallest absolute Gasteiger partial charge is 0.341 e. The number of anilines is 1. The van der Waals surface area contributed by atoms with Gasteiger partial charge in [0.25, 0.3) is 0 Å². The summed E-state index contributed by atoms with van der Waals surface area (Å²) in [6, 6.07) is 0. The molecule has 1 fully saturated rings. The fourth-order valence-electron chi connectivity index (χ4n) is 2.46. The summed E-state index contributed by atoms with van der Waals surface area (Å²) in [6.45, 7) is 6.27. The van der Waals surface area contributed by atoms with E-state index in [2.05, 4.69) is 21.8 Å². The van der Waals surface area contributed by atoms with Crippen LogP contribution in [-0.4, -0.2) is 35.6 Å². The molecule has 0 amide bonds. The lowest BCUT2D eigenvalue weighted by molar-refractivity contribution is 0.0524. The predicted octanol–water partition coefficient (Wildman–Crippen LogP) is 2.60. The van der Waals surface area contributed by atoms with Gasteiger partial charge in [-0.3, -0.25) is 0 Å². The summed E-state index contributed by atoms with van der Waals surface area (Å²) in [5.74, 6) is 0.433. The van der Waals surface area contributed by atoms with Gasteiger partial charge in [-0.1, -0.05) is 13.3 Å². The number of carbonyl (C=O) groups is 1. The van der Waals surface area contributed by atoms with Crippen molar-refractivity contribution in [3.8, 4) is 0 Å². The van der Waals surface area contributed by atoms with Gasteiger partial charge in [-0.2, -0.15) is 0 Å². The Morgan fingerprint density at radius 1 is 1.30 bits per heavy atom. The maximum absolute atomic E-state index is 11.9. The topological polar surface area (TPSA) is 55.3 Å². The summed E-state index contributed by atoms with van der Waals surface area (Å²) >= 11 is 0. The molecule has 0 bridgehead atoms. The number of aromatic nitrogens is 2. The molecule has 0 radical (unpaired) electrons. The van der Waals surface area contributed by atoms with E-state index in [4.69, 9.17) is 4.74 Å². The van der Waals surface area contributed by atoms with Crippen LogP contribution in [0.1, 0.15) is 55.6 Å². The van der Waals surface area contributed by atoms with Crippen LogP contribution in [0.5, 0.6) is 0 Å². The summed E-state index contributed by atoms with van der Waals surface area (Å²) in [4.78, 5) is 23.1. The van der Waals surface area contributed by atoms with Gasteiger partial charge >= 0.3 is 5.97 Å². The zero-order valence-corrected chi connectivity index (χ0v) is 12.4. The Kier molecular flexibility index (Phi) is 5.32. The highest BCUT2D eigenvalue weighted by atomic mass is 16.5. The molecule has 0 aromatic carbocycles. The highest BCUT2D eigenvalue weighted by molar-refractivity contribution is 5.90. The van der Waals surface area contributed by atoms with E-state index >= 15 is 0 Å². The number of nitrogens with zero attached hydrogens (tertiary/aromatic N) is 3. The minimum absolute atomic E-state index is 0.318. The quantitative estimate of drug-likeness (QED) is 0.774. The molecule has 0 aliphatic carbocycles. The number of carbonyl (C=O) groups excluding carboxylic acids is 1. The van der Waals surface area contributed by atoms with Crippen molar-refractivity contribution in [1.29, 1.82) is 0 Å². The van der Waals surface area contributed by atoms with Gasteiger partial charge in [0.2, 0.25) is 5.95 Å². The SMILES string of the molecule is CCCc1nc(N2CCCCC2)ncc1C(=O)OCC. The molecule has 2 rings (SSSR count). The first kappa shape index (κ1) is 14.8. The summed E-state index contributed by atoms with van der Waals surface area (Å²) in [7, 11) is 0. The molecule has 20 heavy (non-hydrogen) atoms. The first-order valence-corrected chi connectivity index (χ1v) is 7.54. The van der Waals surface area contributed by atoms with Crippen LogP contribution in [0.4, 0.5) is 5.95 Å². The van der Waals surface area contributed by atoms with Crippen LogP contribution >= 0.6 is 0 Å². The highest BCUT2D eigenvalue weighted by Gasteiger charge is 2.19. The lowest BCUT2D eigenvalue weighted by Gasteiger charge is -2.27. The van der Waals surface area contributed by atoms with Crippen molar-refractivity contribution >= 4 is 11.9 Å². The van der Waals surface area contributed by atoms with Crippen molar-refractivity contribution in [2.45, 2.75) is 46.0 Å². The molecule has 1 aliphatic rings. The van der Waals surface area contributed by atoms with Crippen molar-refractivity contribution in [2.24, 2.45) is 0 Å². The second kappa shape index (κ2) is 7.22. The van der Waals surface area contributed by atoms with Crippen molar-refractivity contribution in [3.63, 3.8) is 0 Å². The molecule has 2 heterocycles. The lowest BCUT2D eigenvalue weighted by atomic mass is 10.1. The van der Waals surface area contributed by atoms with E-state index < -0.39 is 0 Å². The Morgan fingerprint density at radius 3 is 2.70 bits per heavy atom. The third-order valence-electron chi connectivity index (χ3n) is 3.48. The number of piperidine rings is 1. The number of aryl methyl sites for hydroxylation is 1. The molecule has 1 aliphatic heterocycles. The molecule has 1 aromatic heterocycles. The number of rotatable bonds is 5. The zero-order valence-electron chi connectivity index (χ0n) is 12.4. The first-order valence-electron chi connectivity index (χ1n) is 7.54. The van der Waals surface area contributed by atoms with Gasteiger partial charge in [-0.25, -0.2) is 14.8 Å². The normalized spacial score (nSPS) is 15.2. The monoisotopic (exact) mass is 277 g/mol. The molecule has 0 atom stereocenters. The van der Waals surface area contributed by atoms with Crippen LogP contribution in [-0.2, 0) is 11.2 Å². The standard InChI is InChI=1S/C15H23N3O2/c1-3-8-13-12(14(19)20-4-2)11-16-15(17-13)18-9-6-5-7-10-18/h11H,3-10H2,1-2H3. The fraction of sp³-hybridized carbons (Fsp3) is 0.667. The maximum Gasteiger partial charge on any atom is 0.341 e. The molecule has 1 saturated heterocycles. The van der Waals surface area contributed by atoms with Crippen LogP contribution in [0.3, 0.4) is 0 Å². The van der Waals surface area contributed by atoms with E-state index in [0.29, 0.717) is 12.2 Å². The van der Waals surface area contributed by atoms with Crippen molar-refractivity contribution in [3.05, 3.63) is 17.5 Å². The van der Waals surface area contributed by atoms with Crippen LogP contribution in [0.15, 0.2) is 6.20 Å². The predicted molar refractivity (Wildman–Crippen MR) is 78.0 cm³/mol. The van der Waals surface area contributed by atoms with Crippen molar-refractivity contribution < 1.29 is 9.53 Å². The van der Waals surface area contributed by atoms with Crippen LogP contribution in [0.25, 0.3) is 0 Å². The van der Waals surface area contributed by atoms with E-state index in [0.717, 1.165) is 37.6 Å². The Morgan fingerprint density at radius 2 is 2.05 bits per heavy atom. The highest BCUT2D eigenvalue weighted by Crippen LogP contribution is 2.18. The van der Waals surface area contributed by atoms with Gasteiger partial charge in [0.1, 0.15) is 0 Å². The van der Waals surface area contributed by atoms with E-state index in [1.54, 1.807) is 13.1 Å². The summed E-state index contributed by atoms with van der Waals surface area (Å²) in [5, 5.41) is 0. The average Bonchev–Trinajstić information content (AvgIpc) is 2.48. The first-order chi connectivity index (χ1) is 9.76. The van der Waals surface area contributed by atoms with E-state index in [-0.39, 0.29) is 5.97 Å². The molecule has 110 valence electrons. The summed E-state index contributed by atoms with van der Waals surface area (Å²) in [5.41, 5.74) is 1.32. The van der Waals surface area contributed by atoms with E-state index in [1.807, 2.05) is 0 Å². The Bertz CT molecular complexity index is 456. The average molecular weight is 277 g/mol. The molecular weight excluding hydrogens is 254 g/mol. The number of hydrogen-bond donors (Lipinski definition) is 0. The number of ether oxygens (including phenoxy) is 1. The second-order valence-electron chi connectivity index (χ2n) is 5.05. The molecule has 0 saturated carbocycles. The lowest BCUT2D eigenvalue weighted by Crippen LogP contribution is -2.31. The fourth-order valence-corrected chi connectivity index (χ4v) is 2.46. The van der Waals surface area contributed by atoms with E-state index in [9.17, 15) is 4.79 Å². The molecule has 5 nitrogen and oxygen atoms in total. The van der Waals surface area contributed by atoms with Crippen LogP contribution < -0.4 is 4.90 Å². The summed E-state index contributed by atoms with van der Waals surface area (Å²) in [6.07, 6.45) is 7.00. The van der Waals surface area contributed by atoms with Crippen LogP contribution in [0, 0.1) is 0 Å². The van der Waals surface area contributed by atoms with Gasteiger partial charge < -0.3 is 9.64 Å². The Hall–Kier alpha value is -1.65. The maximum atomic E-state index is 11.9. The third kappa shape index (κ3) is 3.46. The Labute approximate surface area is 120 Å².